The van der Waals surface area contributed by atoms with Gasteiger partial charge < -0.3 is 9.84 Å². The van der Waals surface area contributed by atoms with Gasteiger partial charge in [0.2, 0.25) is 5.85 Å². The van der Waals surface area contributed by atoms with Gasteiger partial charge in [0.05, 0.1) is 11.5 Å². The van der Waals surface area contributed by atoms with Crippen LogP contribution >= 0.6 is 0 Å². The summed E-state index contributed by atoms with van der Waals surface area (Å²) in [6, 6.07) is 0. The van der Waals surface area contributed by atoms with E-state index in [1.807, 2.05) is 20.8 Å². The van der Waals surface area contributed by atoms with Gasteiger partial charge in [-0.3, -0.25) is 0 Å². The number of hydrogen-bond acceptors (Lipinski definition) is 2. The molecule has 0 aromatic carbocycles. The van der Waals surface area contributed by atoms with Gasteiger partial charge in [-0.15, -0.1) is 0 Å². The summed E-state index contributed by atoms with van der Waals surface area (Å²) in [5.41, 5.74) is -1.85. The van der Waals surface area contributed by atoms with E-state index in [1.165, 1.54) is 12.2 Å². The quantitative estimate of drug-likeness (QED) is 0.661. The standard InChI is InChI=1S/C20H31F3O2/c1-8-9-15(24)19(18(5,6)7)12-14(17(2,3)4)10-11-20(19,23)25-13-16(21)22/h8-12,15-16,24H,13H2,1-7H3/b9-8+. The Morgan fingerprint density at radius 3 is 2.16 bits per heavy atom. The van der Waals surface area contributed by atoms with Crippen LogP contribution in [0.4, 0.5) is 13.2 Å². The fourth-order valence-corrected chi connectivity index (χ4v) is 3.34. The zero-order valence-electron chi connectivity index (χ0n) is 16.2. The molecule has 0 spiro atoms. The molecule has 0 bridgehead atoms. The summed E-state index contributed by atoms with van der Waals surface area (Å²) >= 11 is 0. The van der Waals surface area contributed by atoms with Crippen LogP contribution in [0.25, 0.3) is 0 Å². The zero-order valence-corrected chi connectivity index (χ0v) is 16.2. The van der Waals surface area contributed by atoms with Crippen molar-refractivity contribution in [1.29, 1.82) is 0 Å². The smallest absolute Gasteiger partial charge is 0.261 e. The molecule has 0 fully saturated rings. The highest BCUT2D eigenvalue weighted by molar-refractivity contribution is 5.39. The molecule has 0 heterocycles. The molecule has 0 amide bonds. The maximum atomic E-state index is 16.0. The third-order valence-electron chi connectivity index (χ3n) is 4.79. The second kappa shape index (κ2) is 7.28. The molecule has 3 atom stereocenters. The van der Waals surface area contributed by atoms with Gasteiger partial charge in [-0.1, -0.05) is 65.8 Å². The molecule has 2 nitrogen and oxygen atoms in total. The van der Waals surface area contributed by atoms with Crippen LogP contribution in [0.2, 0.25) is 0 Å². The number of allylic oxidation sites excluding steroid dienone is 3. The number of ether oxygens (including phenoxy) is 1. The molecule has 25 heavy (non-hydrogen) atoms. The maximum absolute atomic E-state index is 16.0. The third-order valence-corrected chi connectivity index (χ3v) is 4.79. The molecule has 0 saturated heterocycles. The fraction of sp³-hybridized carbons (Fsp3) is 0.700. The molecule has 1 N–H and O–H groups in total. The van der Waals surface area contributed by atoms with Crippen LogP contribution in [-0.2, 0) is 4.74 Å². The lowest BCUT2D eigenvalue weighted by Gasteiger charge is -2.54. The number of aliphatic hydroxyl groups is 1. The normalized spacial score (nSPS) is 29.4. The van der Waals surface area contributed by atoms with Gasteiger partial charge in [0.15, 0.2) is 0 Å². The average Bonchev–Trinajstić information content (AvgIpc) is 2.43. The van der Waals surface area contributed by atoms with Crippen molar-refractivity contribution in [3.63, 3.8) is 0 Å². The average molecular weight is 360 g/mol. The summed E-state index contributed by atoms with van der Waals surface area (Å²) in [5.74, 6) is -2.56. The first-order valence-electron chi connectivity index (χ1n) is 8.56. The van der Waals surface area contributed by atoms with E-state index in [-0.39, 0.29) is 5.41 Å². The number of halogens is 3. The summed E-state index contributed by atoms with van der Waals surface area (Å²) in [7, 11) is 0. The van der Waals surface area contributed by atoms with Crippen molar-refractivity contribution in [1.82, 2.24) is 0 Å². The lowest BCUT2D eigenvalue weighted by atomic mass is 9.55. The minimum Gasteiger partial charge on any atom is -0.388 e. The van der Waals surface area contributed by atoms with Crippen LogP contribution < -0.4 is 0 Å². The van der Waals surface area contributed by atoms with E-state index in [0.717, 1.165) is 5.57 Å². The minimum absolute atomic E-state index is 0.299. The van der Waals surface area contributed by atoms with Crippen molar-refractivity contribution >= 4 is 0 Å². The van der Waals surface area contributed by atoms with Crippen molar-refractivity contribution in [3.05, 3.63) is 36.0 Å². The highest BCUT2D eigenvalue weighted by Crippen LogP contribution is 2.57. The van der Waals surface area contributed by atoms with Crippen LogP contribution in [-0.4, -0.2) is 30.1 Å². The molecule has 5 heteroatoms. The highest BCUT2D eigenvalue weighted by Gasteiger charge is 2.62. The molecule has 0 aromatic rings. The van der Waals surface area contributed by atoms with Crippen molar-refractivity contribution < 1.29 is 23.0 Å². The molecule has 0 aromatic heterocycles. The predicted octanol–water partition coefficient (Wildman–Crippen LogP) is 5.45. The van der Waals surface area contributed by atoms with E-state index in [0.29, 0.717) is 0 Å². The van der Waals surface area contributed by atoms with Crippen LogP contribution in [0.1, 0.15) is 48.5 Å². The number of aliphatic hydroxyl groups excluding tert-OH is 1. The molecular formula is C20H31F3O2. The Hall–Kier alpha value is -1.07. The van der Waals surface area contributed by atoms with Gasteiger partial charge in [0.1, 0.15) is 6.61 Å². The molecule has 0 aliphatic heterocycles. The van der Waals surface area contributed by atoms with Gasteiger partial charge in [-0.2, -0.15) is 0 Å². The van der Waals surface area contributed by atoms with Crippen molar-refractivity contribution in [2.24, 2.45) is 16.2 Å². The molecule has 3 unspecified atom stereocenters. The zero-order chi connectivity index (χ0) is 19.7. The molecule has 1 rings (SSSR count). The Morgan fingerprint density at radius 2 is 1.76 bits per heavy atom. The van der Waals surface area contributed by atoms with E-state index in [4.69, 9.17) is 4.74 Å². The van der Waals surface area contributed by atoms with Gasteiger partial charge in [-0.05, 0) is 29.4 Å². The molecule has 1 aliphatic rings. The van der Waals surface area contributed by atoms with Crippen molar-refractivity contribution in [3.8, 4) is 0 Å². The number of alkyl halides is 3. The SMILES string of the molecule is C/C=C/C(O)C1(C(C)(C)C)C=C(C(C)(C)C)C=CC1(F)OCC(F)F. The lowest BCUT2D eigenvalue weighted by molar-refractivity contribution is -0.241. The van der Waals surface area contributed by atoms with E-state index >= 15 is 4.39 Å². The Kier molecular flexibility index (Phi) is 6.39. The number of rotatable bonds is 5. The predicted molar refractivity (Wildman–Crippen MR) is 95.2 cm³/mol. The van der Waals surface area contributed by atoms with Gasteiger partial charge in [-0.25, -0.2) is 13.2 Å². The fourth-order valence-electron chi connectivity index (χ4n) is 3.34. The largest absolute Gasteiger partial charge is 0.388 e. The Balaban J connectivity index is 3.67. The molecule has 144 valence electrons. The van der Waals surface area contributed by atoms with Crippen LogP contribution in [0.3, 0.4) is 0 Å². The summed E-state index contributed by atoms with van der Waals surface area (Å²) in [6.07, 6.45) is 3.46. The van der Waals surface area contributed by atoms with Crippen LogP contribution in [0, 0.1) is 16.2 Å². The first-order chi connectivity index (χ1) is 11.2. The summed E-state index contributed by atoms with van der Waals surface area (Å²) < 4.78 is 46.5. The number of hydrogen-bond donors (Lipinski definition) is 1. The van der Waals surface area contributed by atoms with Gasteiger partial charge in [0, 0.05) is 0 Å². The second-order valence-corrected chi connectivity index (χ2v) is 8.62. The Labute approximate surface area is 149 Å². The van der Waals surface area contributed by atoms with Gasteiger partial charge in [0.25, 0.3) is 6.43 Å². The molecule has 0 saturated carbocycles. The Bertz CT molecular complexity index is 552. The van der Waals surface area contributed by atoms with Crippen molar-refractivity contribution in [2.75, 3.05) is 6.61 Å². The van der Waals surface area contributed by atoms with E-state index < -0.39 is 35.8 Å². The highest BCUT2D eigenvalue weighted by atomic mass is 19.3. The minimum atomic E-state index is -2.80. The monoisotopic (exact) mass is 360 g/mol. The molecule has 1 aliphatic carbocycles. The summed E-state index contributed by atoms with van der Waals surface area (Å²) in [6.45, 7) is 11.9. The van der Waals surface area contributed by atoms with Crippen LogP contribution in [0.15, 0.2) is 36.0 Å². The summed E-state index contributed by atoms with van der Waals surface area (Å²) in [5, 5.41) is 10.9. The lowest BCUT2D eigenvalue weighted by Crippen LogP contribution is -2.60. The van der Waals surface area contributed by atoms with Gasteiger partial charge >= 0.3 is 0 Å². The second-order valence-electron chi connectivity index (χ2n) is 8.62. The van der Waals surface area contributed by atoms with Crippen molar-refractivity contribution in [2.45, 2.75) is 66.9 Å². The van der Waals surface area contributed by atoms with E-state index in [2.05, 4.69) is 0 Å². The third kappa shape index (κ3) is 4.20. The molecule has 0 radical (unpaired) electrons. The maximum Gasteiger partial charge on any atom is 0.261 e. The first kappa shape index (κ1) is 22.0. The van der Waals surface area contributed by atoms with E-state index in [1.54, 1.807) is 45.9 Å². The molecular weight excluding hydrogens is 329 g/mol. The van der Waals surface area contributed by atoms with Crippen LogP contribution in [0.5, 0.6) is 0 Å². The van der Waals surface area contributed by atoms with E-state index in [9.17, 15) is 13.9 Å². The Morgan fingerprint density at radius 1 is 1.20 bits per heavy atom. The summed E-state index contributed by atoms with van der Waals surface area (Å²) in [4.78, 5) is 0. The topological polar surface area (TPSA) is 29.5 Å². The first-order valence-corrected chi connectivity index (χ1v) is 8.56.